The van der Waals surface area contributed by atoms with Crippen LogP contribution in [0.25, 0.3) is 0 Å². The molecule has 0 aliphatic carbocycles. The van der Waals surface area contributed by atoms with E-state index in [0.717, 1.165) is 4.47 Å². The number of anilines is 1. The molecular weight excluding hydrogens is 340 g/mol. The molecule has 0 N–H and O–H groups in total. The fraction of sp³-hybridized carbons (Fsp3) is 0.0667. The number of amides is 1. The normalized spacial score (nSPS) is 9.90. The first-order valence-corrected chi connectivity index (χ1v) is 6.94. The van der Waals surface area contributed by atoms with Gasteiger partial charge in [0, 0.05) is 17.1 Å². The summed E-state index contributed by atoms with van der Waals surface area (Å²) >= 11 is 9.28. The van der Waals surface area contributed by atoms with Crippen molar-refractivity contribution in [1.29, 1.82) is 5.26 Å². The van der Waals surface area contributed by atoms with E-state index < -0.39 is 0 Å². The molecular formula is C15H10BrClN2O. The first-order chi connectivity index (χ1) is 9.54. The minimum Gasteiger partial charge on any atom is -0.310 e. The molecule has 100 valence electrons. The zero-order valence-electron chi connectivity index (χ0n) is 10.6. The van der Waals surface area contributed by atoms with Crippen LogP contribution in [-0.4, -0.2) is 13.0 Å². The van der Waals surface area contributed by atoms with Gasteiger partial charge in [-0.15, -0.1) is 0 Å². The summed E-state index contributed by atoms with van der Waals surface area (Å²) in [6, 6.07) is 14.0. The summed E-state index contributed by atoms with van der Waals surface area (Å²) < 4.78 is 0.732. The van der Waals surface area contributed by atoms with Crippen molar-refractivity contribution in [3.8, 4) is 6.07 Å². The Morgan fingerprint density at radius 2 is 2.00 bits per heavy atom. The van der Waals surface area contributed by atoms with Crippen LogP contribution in [0.5, 0.6) is 0 Å². The molecule has 0 aromatic heterocycles. The van der Waals surface area contributed by atoms with Crippen LogP contribution in [0.15, 0.2) is 46.9 Å². The first kappa shape index (κ1) is 14.6. The van der Waals surface area contributed by atoms with Crippen LogP contribution in [0.2, 0.25) is 5.02 Å². The number of rotatable bonds is 2. The highest BCUT2D eigenvalue weighted by Crippen LogP contribution is 2.25. The van der Waals surface area contributed by atoms with Crippen LogP contribution in [0, 0.1) is 11.3 Å². The Balaban J connectivity index is 2.38. The second kappa shape index (κ2) is 6.08. The summed E-state index contributed by atoms with van der Waals surface area (Å²) in [5, 5.41) is 9.56. The van der Waals surface area contributed by atoms with E-state index in [4.69, 9.17) is 16.9 Å². The third kappa shape index (κ3) is 2.84. The molecule has 0 aliphatic heterocycles. The molecule has 0 radical (unpaired) electrons. The number of nitriles is 1. The minimum absolute atomic E-state index is 0.220. The van der Waals surface area contributed by atoms with Crippen molar-refractivity contribution in [3.05, 3.63) is 63.1 Å². The van der Waals surface area contributed by atoms with Gasteiger partial charge in [0.25, 0.3) is 5.91 Å². The molecule has 0 bridgehead atoms. The van der Waals surface area contributed by atoms with Crippen LogP contribution in [0.3, 0.4) is 0 Å². The second-order valence-corrected chi connectivity index (χ2v) is 5.38. The third-order valence-electron chi connectivity index (χ3n) is 2.86. The van der Waals surface area contributed by atoms with Gasteiger partial charge < -0.3 is 4.90 Å². The molecule has 0 saturated carbocycles. The zero-order chi connectivity index (χ0) is 14.7. The Hall–Kier alpha value is -1.83. The summed E-state index contributed by atoms with van der Waals surface area (Å²) in [4.78, 5) is 13.9. The summed E-state index contributed by atoms with van der Waals surface area (Å²) in [5.74, 6) is -0.220. The van der Waals surface area contributed by atoms with Crippen molar-refractivity contribution in [3.63, 3.8) is 0 Å². The van der Waals surface area contributed by atoms with E-state index in [2.05, 4.69) is 22.0 Å². The topological polar surface area (TPSA) is 44.1 Å². The minimum atomic E-state index is -0.220. The number of benzene rings is 2. The van der Waals surface area contributed by atoms with Gasteiger partial charge in [0.1, 0.15) is 6.07 Å². The van der Waals surface area contributed by atoms with Crippen LogP contribution in [0.4, 0.5) is 5.69 Å². The third-order valence-corrected chi connectivity index (χ3v) is 4.09. The lowest BCUT2D eigenvalue weighted by molar-refractivity contribution is 0.0993. The molecule has 0 aliphatic rings. The SMILES string of the molecule is CN(C(=O)c1ccc(Br)c(Cl)c1)c1ccccc1C#N. The molecule has 0 saturated heterocycles. The molecule has 5 heteroatoms. The van der Waals surface area contributed by atoms with Crippen LogP contribution in [0.1, 0.15) is 15.9 Å². The highest BCUT2D eigenvalue weighted by atomic mass is 79.9. The van der Waals surface area contributed by atoms with E-state index in [1.165, 1.54) is 4.90 Å². The Bertz CT molecular complexity index is 709. The van der Waals surface area contributed by atoms with Gasteiger partial charge in [0.2, 0.25) is 0 Å². The number of hydrogen-bond donors (Lipinski definition) is 0. The Morgan fingerprint density at radius 1 is 1.30 bits per heavy atom. The van der Waals surface area contributed by atoms with Crippen molar-refractivity contribution >= 4 is 39.1 Å². The summed E-state index contributed by atoms with van der Waals surface area (Å²) in [6.45, 7) is 0. The molecule has 20 heavy (non-hydrogen) atoms. The lowest BCUT2D eigenvalue weighted by atomic mass is 10.1. The van der Waals surface area contributed by atoms with Gasteiger partial charge in [0.05, 0.1) is 16.3 Å². The van der Waals surface area contributed by atoms with Gasteiger partial charge in [-0.05, 0) is 46.3 Å². The maximum atomic E-state index is 12.4. The maximum absolute atomic E-state index is 12.4. The molecule has 3 nitrogen and oxygen atoms in total. The fourth-order valence-electron chi connectivity index (χ4n) is 1.79. The molecule has 2 aromatic carbocycles. The van der Waals surface area contributed by atoms with Crippen molar-refractivity contribution in [2.45, 2.75) is 0 Å². The van der Waals surface area contributed by atoms with E-state index in [0.29, 0.717) is 21.8 Å². The molecule has 0 fully saturated rings. The summed E-state index contributed by atoms with van der Waals surface area (Å²) in [6.07, 6.45) is 0. The highest BCUT2D eigenvalue weighted by molar-refractivity contribution is 9.10. The monoisotopic (exact) mass is 348 g/mol. The van der Waals surface area contributed by atoms with Gasteiger partial charge in [-0.25, -0.2) is 0 Å². The van der Waals surface area contributed by atoms with Crippen LogP contribution in [-0.2, 0) is 0 Å². The molecule has 1 amide bonds. The average Bonchev–Trinajstić information content (AvgIpc) is 2.48. The number of carbonyl (C=O) groups excluding carboxylic acids is 1. The molecule has 0 atom stereocenters. The van der Waals surface area contributed by atoms with E-state index in [1.54, 1.807) is 49.5 Å². The Morgan fingerprint density at radius 3 is 2.65 bits per heavy atom. The van der Waals surface area contributed by atoms with E-state index in [1.807, 2.05) is 0 Å². The number of para-hydroxylation sites is 1. The lowest BCUT2D eigenvalue weighted by Gasteiger charge is -2.18. The first-order valence-electron chi connectivity index (χ1n) is 5.77. The smallest absolute Gasteiger partial charge is 0.258 e. The molecule has 2 aromatic rings. The summed E-state index contributed by atoms with van der Waals surface area (Å²) in [7, 11) is 1.63. The second-order valence-electron chi connectivity index (χ2n) is 4.12. The van der Waals surface area contributed by atoms with Crippen molar-refractivity contribution in [2.24, 2.45) is 0 Å². The molecule has 2 rings (SSSR count). The number of halogens is 2. The summed E-state index contributed by atoms with van der Waals surface area (Å²) in [5.41, 5.74) is 1.49. The number of carbonyl (C=O) groups is 1. The number of nitrogens with zero attached hydrogens (tertiary/aromatic N) is 2. The van der Waals surface area contributed by atoms with E-state index in [-0.39, 0.29) is 5.91 Å². The predicted molar refractivity (Wildman–Crippen MR) is 83.0 cm³/mol. The largest absolute Gasteiger partial charge is 0.310 e. The van der Waals surface area contributed by atoms with E-state index >= 15 is 0 Å². The maximum Gasteiger partial charge on any atom is 0.258 e. The fourth-order valence-corrected chi connectivity index (χ4v) is 2.22. The van der Waals surface area contributed by atoms with Gasteiger partial charge >= 0.3 is 0 Å². The molecule has 0 spiro atoms. The Labute approximate surface area is 130 Å². The van der Waals surface area contributed by atoms with Gasteiger partial charge in [0.15, 0.2) is 0 Å². The van der Waals surface area contributed by atoms with Crippen LogP contribution >= 0.6 is 27.5 Å². The quantitative estimate of drug-likeness (QED) is 0.813. The predicted octanol–water partition coefficient (Wildman–Crippen LogP) is 4.25. The molecule has 0 unspecified atom stereocenters. The zero-order valence-corrected chi connectivity index (χ0v) is 12.9. The Kier molecular flexibility index (Phi) is 4.43. The lowest BCUT2D eigenvalue weighted by Crippen LogP contribution is -2.26. The van der Waals surface area contributed by atoms with Crippen LogP contribution < -0.4 is 4.90 Å². The van der Waals surface area contributed by atoms with E-state index in [9.17, 15) is 4.79 Å². The van der Waals surface area contributed by atoms with Crippen molar-refractivity contribution < 1.29 is 4.79 Å². The standard InChI is InChI=1S/C15H10BrClN2O/c1-19(14-5-3-2-4-11(14)9-18)15(20)10-6-7-12(16)13(17)8-10/h2-8H,1H3. The van der Waals surface area contributed by atoms with Gasteiger partial charge in [-0.3, -0.25) is 4.79 Å². The van der Waals surface area contributed by atoms with Crippen molar-refractivity contribution in [1.82, 2.24) is 0 Å². The highest BCUT2D eigenvalue weighted by Gasteiger charge is 2.16. The van der Waals surface area contributed by atoms with Gasteiger partial charge in [-0.2, -0.15) is 5.26 Å². The average molecular weight is 350 g/mol. The molecule has 0 heterocycles. The number of hydrogen-bond acceptors (Lipinski definition) is 2. The van der Waals surface area contributed by atoms with Crippen molar-refractivity contribution in [2.75, 3.05) is 11.9 Å². The van der Waals surface area contributed by atoms with Gasteiger partial charge in [-0.1, -0.05) is 23.7 Å².